The zero-order valence-electron chi connectivity index (χ0n) is 22.9. The molecule has 1 fully saturated rings. The average molecular weight is 547 g/mol. The molecule has 0 amide bonds. The average Bonchev–Trinajstić information content (AvgIpc) is 3.47. The van der Waals surface area contributed by atoms with Crippen molar-refractivity contribution in [2.24, 2.45) is 5.41 Å². The highest BCUT2D eigenvalue weighted by atomic mass is 16.2. The number of anilines is 1. The number of pyridine rings is 1. The van der Waals surface area contributed by atoms with Crippen LogP contribution in [0.1, 0.15) is 53.7 Å². The summed E-state index contributed by atoms with van der Waals surface area (Å²) in [5, 5.41) is 0.927. The van der Waals surface area contributed by atoms with Crippen LogP contribution < -0.4 is 4.90 Å². The summed E-state index contributed by atoms with van der Waals surface area (Å²) < 4.78 is 0. The predicted molar refractivity (Wildman–Crippen MR) is 163 cm³/mol. The molecule has 3 aliphatic rings. The van der Waals surface area contributed by atoms with Gasteiger partial charge in [0.25, 0.3) is 0 Å². The second kappa shape index (κ2) is 8.92. The molecule has 0 saturated carbocycles. The Morgan fingerprint density at radius 3 is 2.19 bits per heavy atom. The van der Waals surface area contributed by atoms with E-state index in [0.717, 1.165) is 33.3 Å². The van der Waals surface area contributed by atoms with Crippen LogP contribution in [0.15, 0.2) is 115 Å². The molecule has 1 saturated heterocycles. The summed E-state index contributed by atoms with van der Waals surface area (Å²) in [5.41, 5.74) is 4.12. The van der Waals surface area contributed by atoms with E-state index in [1.165, 1.54) is 0 Å². The molecular formula is C37H26N2O3. The molecule has 4 aromatic carbocycles. The van der Waals surface area contributed by atoms with Crippen LogP contribution in [0, 0.1) is 12.3 Å². The number of nitrogens with zero attached hydrogens (tertiary/aromatic N) is 2. The third kappa shape index (κ3) is 3.13. The first-order valence-electron chi connectivity index (χ1n) is 14.2. The number of carbonyl (C=O) groups is 3. The van der Waals surface area contributed by atoms with Crippen LogP contribution in [0.25, 0.3) is 17.0 Å². The second-order valence-corrected chi connectivity index (χ2v) is 11.4. The summed E-state index contributed by atoms with van der Waals surface area (Å²) >= 11 is 0. The first kappa shape index (κ1) is 24.6. The van der Waals surface area contributed by atoms with Gasteiger partial charge in [-0.05, 0) is 24.1 Å². The fourth-order valence-corrected chi connectivity index (χ4v) is 7.50. The Kier molecular flexibility index (Phi) is 5.23. The summed E-state index contributed by atoms with van der Waals surface area (Å²) in [6, 6.07) is 30.6. The summed E-state index contributed by atoms with van der Waals surface area (Å²) in [6.45, 7) is 2.00. The summed E-state index contributed by atoms with van der Waals surface area (Å²) in [7, 11) is 0. The molecule has 3 atom stereocenters. The Balaban J connectivity index is 1.48. The molecule has 42 heavy (non-hydrogen) atoms. The molecule has 202 valence electrons. The van der Waals surface area contributed by atoms with Gasteiger partial charge >= 0.3 is 0 Å². The van der Waals surface area contributed by atoms with Crippen LogP contribution in [0.2, 0.25) is 0 Å². The van der Waals surface area contributed by atoms with Crippen LogP contribution in [-0.4, -0.2) is 34.4 Å². The van der Waals surface area contributed by atoms with Crippen molar-refractivity contribution in [1.82, 2.24) is 4.98 Å². The third-order valence-electron chi connectivity index (χ3n) is 9.30. The number of fused-ring (bicyclic) bond motifs is 7. The molecule has 0 bridgehead atoms. The lowest BCUT2D eigenvalue weighted by molar-refractivity contribution is 0.0666. The molecule has 1 aromatic heterocycles. The zero-order chi connectivity index (χ0) is 28.6. The van der Waals surface area contributed by atoms with Crippen molar-refractivity contribution in [1.29, 1.82) is 0 Å². The number of hydrogen-bond donors (Lipinski definition) is 0. The van der Waals surface area contributed by atoms with E-state index >= 15 is 0 Å². The van der Waals surface area contributed by atoms with Crippen LogP contribution in [0.4, 0.5) is 5.69 Å². The quantitative estimate of drug-likeness (QED) is 0.183. The van der Waals surface area contributed by atoms with Gasteiger partial charge in [0.1, 0.15) is 11.5 Å². The summed E-state index contributed by atoms with van der Waals surface area (Å²) in [5.74, 6) is -1.33. The van der Waals surface area contributed by atoms with Gasteiger partial charge in [-0.3, -0.25) is 19.4 Å². The smallest absolute Gasteiger partial charge is 0.185 e. The van der Waals surface area contributed by atoms with Gasteiger partial charge in [-0.25, -0.2) is 0 Å². The molecule has 5 nitrogen and oxygen atoms in total. The molecule has 3 unspecified atom stereocenters. The maximum absolute atomic E-state index is 14.8. The number of carbonyl (C=O) groups excluding carboxylic acids is 3. The van der Waals surface area contributed by atoms with Gasteiger partial charge in [-0.2, -0.15) is 0 Å². The molecule has 5 aromatic rings. The number of benzene rings is 4. The Morgan fingerprint density at radius 1 is 0.786 bits per heavy atom. The fourth-order valence-electron chi connectivity index (χ4n) is 7.50. The largest absolute Gasteiger partial charge is 0.350 e. The number of rotatable bonds is 3. The molecule has 2 aliphatic heterocycles. The van der Waals surface area contributed by atoms with Crippen molar-refractivity contribution in [3.63, 3.8) is 0 Å². The highest BCUT2D eigenvalue weighted by Crippen LogP contribution is 2.61. The number of hydrogen-bond acceptors (Lipinski definition) is 5. The maximum atomic E-state index is 14.8. The molecule has 3 heterocycles. The second-order valence-electron chi connectivity index (χ2n) is 11.4. The molecule has 0 N–H and O–H groups in total. The summed E-state index contributed by atoms with van der Waals surface area (Å²) in [4.78, 5) is 51.2. The van der Waals surface area contributed by atoms with Gasteiger partial charge in [0.15, 0.2) is 17.3 Å². The Labute approximate surface area is 243 Å². The summed E-state index contributed by atoms with van der Waals surface area (Å²) in [6.07, 6.45) is 5.69. The van der Waals surface area contributed by atoms with Gasteiger partial charge in [0, 0.05) is 34.2 Å². The number of aromatic nitrogens is 1. The third-order valence-corrected chi connectivity index (χ3v) is 9.30. The van der Waals surface area contributed by atoms with Crippen molar-refractivity contribution in [2.75, 3.05) is 4.90 Å². The van der Waals surface area contributed by atoms with Crippen molar-refractivity contribution in [2.45, 2.75) is 24.9 Å². The van der Waals surface area contributed by atoms with Gasteiger partial charge in [0.2, 0.25) is 0 Å². The first-order chi connectivity index (χ1) is 20.5. The van der Waals surface area contributed by atoms with E-state index in [0.29, 0.717) is 16.7 Å². The van der Waals surface area contributed by atoms with Gasteiger partial charge in [-0.15, -0.1) is 0 Å². The topological polar surface area (TPSA) is 67.3 Å². The molecule has 5 heteroatoms. The van der Waals surface area contributed by atoms with Crippen molar-refractivity contribution < 1.29 is 14.4 Å². The highest BCUT2D eigenvalue weighted by Gasteiger charge is 2.71. The fraction of sp³-hybridized carbons (Fsp3) is 0.135. The minimum absolute atomic E-state index is 0.131. The first-order valence-corrected chi connectivity index (χ1v) is 14.2. The number of aryl methyl sites for hydroxylation is 1. The van der Waals surface area contributed by atoms with E-state index in [4.69, 9.17) is 4.98 Å². The standard InChI is InChI=1S/C37H26N2O3/c1-22-13-15-23(16-14-22)30-33(34(40)26-8-3-2-4-9-26)39-29(37(30)35(41)27-11-5-6-12-28(27)36(37)42)20-19-25-18-17-24-10-7-21-38-31(24)32(25)39/h2-21,29-30,33H,1H3. The van der Waals surface area contributed by atoms with E-state index in [9.17, 15) is 14.4 Å². The van der Waals surface area contributed by atoms with Crippen molar-refractivity contribution in [3.05, 3.63) is 149 Å². The molecule has 0 radical (unpaired) electrons. The van der Waals surface area contributed by atoms with E-state index in [1.807, 2.05) is 103 Å². The lowest BCUT2D eigenvalue weighted by atomic mass is 9.64. The van der Waals surface area contributed by atoms with Crippen molar-refractivity contribution in [3.8, 4) is 0 Å². The van der Waals surface area contributed by atoms with Crippen LogP contribution >= 0.6 is 0 Å². The van der Waals surface area contributed by atoms with Gasteiger partial charge in [0.05, 0.1) is 17.2 Å². The van der Waals surface area contributed by atoms with Gasteiger partial charge in [-0.1, -0.05) is 115 Å². The SMILES string of the molecule is Cc1ccc(C2C(C(=O)c3ccccc3)N3c4c(ccc5cccnc45)C=CC3C23C(=O)c2ccccc2C3=O)cc1. The number of ketones is 3. The maximum Gasteiger partial charge on any atom is 0.185 e. The van der Waals surface area contributed by atoms with Crippen molar-refractivity contribution >= 4 is 40.0 Å². The minimum atomic E-state index is -1.53. The lowest BCUT2D eigenvalue weighted by Crippen LogP contribution is -2.48. The molecule has 1 aliphatic carbocycles. The van der Waals surface area contributed by atoms with Crippen LogP contribution in [0.3, 0.4) is 0 Å². The van der Waals surface area contributed by atoms with E-state index in [1.54, 1.807) is 30.5 Å². The van der Waals surface area contributed by atoms with E-state index in [-0.39, 0.29) is 17.3 Å². The highest BCUT2D eigenvalue weighted by molar-refractivity contribution is 6.32. The Hall–Kier alpha value is -5.16. The molecule has 1 spiro atoms. The van der Waals surface area contributed by atoms with E-state index in [2.05, 4.69) is 0 Å². The monoisotopic (exact) mass is 546 g/mol. The Morgan fingerprint density at radius 2 is 1.48 bits per heavy atom. The van der Waals surface area contributed by atoms with Crippen LogP contribution in [-0.2, 0) is 0 Å². The van der Waals surface area contributed by atoms with Crippen LogP contribution in [0.5, 0.6) is 0 Å². The molecule has 8 rings (SSSR count). The van der Waals surface area contributed by atoms with E-state index < -0.39 is 23.4 Å². The Bertz CT molecular complexity index is 1940. The lowest BCUT2D eigenvalue weighted by Gasteiger charge is -2.37. The van der Waals surface area contributed by atoms with Gasteiger partial charge < -0.3 is 4.90 Å². The normalized spacial score (nSPS) is 21.5. The predicted octanol–water partition coefficient (Wildman–Crippen LogP) is 6.86. The zero-order valence-corrected chi connectivity index (χ0v) is 22.9. The number of Topliss-reactive ketones (excluding diaryl/α,β-unsaturated/α-hetero) is 3. The molecular weight excluding hydrogens is 520 g/mol. The minimum Gasteiger partial charge on any atom is -0.350 e.